The zero-order chi connectivity index (χ0) is 11.2. The maximum atomic E-state index is 11.4. The second-order valence-corrected chi connectivity index (χ2v) is 4.86. The van der Waals surface area contributed by atoms with Crippen molar-refractivity contribution >= 4 is 5.91 Å². The van der Waals surface area contributed by atoms with Gasteiger partial charge in [0.05, 0.1) is 0 Å². The van der Waals surface area contributed by atoms with Crippen LogP contribution in [0.25, 0.3) is 0 Å². The van der Waals surface area contributed by atoms with Crippen LogP contribution in [-0.4, -0.2) is 25.5 Å². The van der Waals surface area contributed by atoms with Crippen LogP contribution in [0.4, 0.5) is 0 Å². The van der Waals surface area contributed by atoms with Crippen molar-refractivity contribution in [3.63, 3.8) is 0 Å². The largest absolute Gasteiger partial charge is 0.353 e. The number of hydrogen-bond acceptors (Lipinski definition) is 2. The summed E-state index contributed by atoms with van der Waals surface area (Å²) >= 11 is 0. The molecular weight excluding hydrogens is 176 g/mol. The summed E-state index contributed by atoms with van der Waals surface area (Å²) < 4.78 is 0. The van der Waals surface area contributed by atoms with Crippen molar-refractivity contribution < 1.29 is 4.79 Å². The second-order valence-electron chi connectivity index (χ2n) is 4.86. The van der Waals surface area contributed by atoms with E-state index in [0.29, 0.717) is 6.42 Å². The van der Waals surface area contributed by atoms with Gasteiger partial charge in [0.1, 0.15) is 0 Å². The lowest BCUT2D eigenvalue weighted by Crippen LogP contribution is -2.41. The summed E-state index contributed by atoms with van der Waals surface area (Å²) in [6.45, 7) is 9.34. The molecule has 3 heteroatoms. The van der Waals surface area contributed by atoms with Crippen LogP contribution in [0.5, 0.6) is 0 Å². The summed E-state index contributed by atoms with van der Waals surface area (Å²) in [5, 5.41) is 6.04. The highest BCUT2D eigenvalue weighted by atomic mass is 16.1. The first-order chi connectivity index (χ1) is 6.38. The molecule has 0 aromatic rings. The Morgan fingerprint density at radius 1 is 1.36 bits per heavy atom. The Kier molecular flexibility index (Phi) is 5.77. The number of nitrogens with one attached hydrogen (secondary N) is 2. The van der Waals surface area contributed by atoms with Gasteiger partial charge in [-0.05, 0) is 32.4 Å². The van der Waals surface area contributed by atoms with Gasteiger partial charge in [0.25, 0.3) is 0 Å². The fourth-order valence-corrected chi connectivity index (χ4v) is 0.956. The Labute approximate surface area is 87.6 Å². The highest BCUT2D eigenvalue weighted by Crippen LogP contribution is 2.18. The van der Waals surface area contributed by atoms with Gasteiger partial charge in [-0.15, -0.1) is 0 Å². The minimum absolute atomic E-state index is 0.138. The molecule has 0 aromatic heterocycles. The summed E-state index contributed by atoms with van der Waals surface area (Å²) in [4.78, 5) is 11.4. The summed E-state index contributed by atoms with van der Waals surface area (Å²) in [5.41, 5.74) is 0.138. The van der Waals surface area contributed by atoms with Crippen molar-refractivity contribution in [1.82, 2.24) is 10.6 Å². The van der Waals surface area contributed by atoms with Crippen LogP contribution in [0.2, 0.25) is 0 Å². The van der Waals surface area contributed by atoms with E-state index in [0.717, 1.165) is 13.0 Å². The van der Waals surface area contributed by atoms with E-state index in [-0.39, 0.29) is 17.4 Å². The molecule has 84 valence electrons. The Hall–Kier alpha value is -0.570. The Morgan fingerprint density at radius 2 is 1.93 bits per heavy atom. The van der Waals surface area contributed by atoms with E-state index in [1.54, 1.807) is 0 Å². The fraction of sp³-hybridized carbons (Fsp3) is 0.909. The van der Waals surface area contributed by atoms with Gasteiger partial charge >= 0.3 is 0 Å². The topological polar surface area (TPSA) is 41.1 Å². The van der Waals surface area contributed by atoms with Crippen molar-refractivity contribution in [2.45, 2.75) is 46.6 Å². The van der Waals surface area contributed by atoms with Gasteiger partial charge in [0, 0.05) is 12.5 Å². The maximum absolute atomic E-state index is 11.4. The van der Waals surface area contributed by atoms with E-state index < -0.39 is 0 Å². The smallest absolute Gasteiger partial charge is 0.220 e. The molecule has 0 aromatic carbocycles. The molecule has 0 bridgehead atoms. The van der Waals surface area contributed by atoms with Gasteiger partial charge in [-0.2, -0.15) is 0 Å². The molecule has 0 saturated heterocycles. The number of amides is 1. The van der Waals surface area contributed by atoms with Crippen molar-refractivity contribution in [2.24, 2.45) is 5.41 Å². The molecule has 0 aliphatic heterocycles. The number of carbonyl (C=O) groups excluding carboxylic acids is 1. The fourth-order valence-electron chi connectivity index (χ4n) is 0.956. The monoisotopic (exact) mass is 200 g/mol. The summed E-state index contributed by atoms with van der Waals surface area (Å²) in [6, 6.07) is 0.226. The maximum Gasteiger partial charge on any atom is 0.220 e. The lowest BCUT2D eigenvalue weighted by Gasteiger charge is -2.28. The van der Waals surface area contributed by atoms with Crippen LogP contribution in [-0.2, 0) is 4.79 Å². The summed E-state index contributed by atoms with van der Waals surface area (Å²) in [6.07, 6.45) is 1.51. The first-order valence-electron chi connectivity index (χ1n) is 5.32. The second kappa shape index (κ2) is 6.02. The zero-order valence-electron chi connectivity index (χ0n) is 10.1. The first-order valence-corrected chi connectivity index (χ1v) is 5.32. The molecule has 0 spiro atoms. The molecule has 2 N–H and O–H groups in total. The summed E-state index contributed by atoms with van der Waals surface area (Å²) in [7, 11) is 1.90. The minimum atomic E-state index is 0.138. The molecule has 0 saturated carbocycles. The molecule has 14 heavy (non-hydrogen) atoms. The van der Waals surface area contributed by atoms with Gasteiger partial charge in [-0.3, -0.25) is 4.79 Å². The van der Waals surface area contributed by atoms with Crippen LogP contribution < -0.4 is 10.6 Å². The van der Waals surface area contributed by atoms with Crippen molar-refractivity contribution in [3.05, 3.63) is 0 Å². The molecule has 0 rings (SSSR count). The van der Waals surface area contributed by atoms with E-state index >= 15 is 0 Å². The molecule has 0 fully saturated rings. The zero-order valence-corrected chi connectivity index (χ0v) is 10.1. The van der Waals surface area contributed by atoms with Crippen LogP contribution in [0, 0.1) is 5.41 Å². The van der Waals surface area contributed by atoms with Gasteiger partial charge in [0.2, 0.25) is 5.91 Å². The molecule has 1 amide bonds. The Balaban J connectivity index is 3.72. The third-order valence-electron chi connectivity index (χ3n) is 2.51. The molecule has 0 aliphatic rings. The predicted octanol–water partition coefficient (Wildman–Crippen LogP) is 1.54. The third kappa shape index (κ3) is 5.97. The molecule has 0 aliphatic carbocycles. The molecular formula is C11H24N2O. The number of hydrogen-bond donors (Lipinski definition) is 2. The van der Waals surface area contributed by atoms with Gasteiger partial charge < -0.3 is 10.6 Å². The van der Waals surface area contributed by atoms with Crippen LogP contribution >= 0.6 is 0 Å². The molecule has 1 unspecified atom stereocenters. The minimum Gasteiger partial charge on any atom is -0.353 e. The van der Waals surface area contributed by atoms with Crippen LogP contribution in [0.3, 0.4) is 0 Å². The normalized spacial score (nSPS) is 13.8. The summed E-state index contributed by atoms with van der Waals surface area (Å²) in [5.74, 6) is 0.155. The van der Waals surface area contributed by atoms with Gasteiger partial charge in [-0.1, -0.05) is 20.8 Å². The average Bonchev–Trinajstić information content (AvgIpc) is 2.03. The van der Waals surface area contributed by atoms with Crippen molar-refractivity contribution in [3.8, 4) is 0 Å². The molecule has 1 atom stereocenters. The van der Waals surface area contributed by atoms with Crippen molar-refractivity contribution in [2.75, 3.05) is 13.6 Å². The first kappa shape index (κ1) is 13.4. The number of rotatable bonds is 5. The van der Waals surface area contributed by atoms with Gasteiger partial charge in [0.15, 0.2) is 0 Å². The van der Waals surface area contributed by atoms with E-state index in [9.17, 15) is 4.79 Å². The van der Waals surface area contributed by atoms with Crippen LogP contribution in [0.1, 0.15) is 40.5 Å². The van der Waals surface area contributed by atoms with E-state index in [2.05, 4.69) is 38.3 Å². The van der Waals surface area contributed by atoms with E-state index in [1.165, 1.54) is 0 Å². The third-order valence-corrected chi connectivity index (χ3v) is 2.51. The van der Waals surface area contributed by atoms with Crippen molar-refractivity contribution in [1.29, 1.82) is 0 Å². The molecule has 0 heterocycles. The highest BCUT2D eigenvalue weighted by Gasteiger charge is 2.21. The Bertz CT molecular complexity index is 173. The molecule has 0 radical (unpaired) electrons. The lowest BCUT2D eigenvalue weighted by molar-refractivity contribution is -0.122. The standard InChI is InChI=1S/C11H24N2O/c1-9(11(2,3)4)13-10(14)7-6-8-12-5/h9,12H,6-8H2,1-5H3,(H,13,14). The SMILES string of the molecule is CNCCCC(=O)NC(C)C(C)(C)C. The number of carbonyl (C=O) groups is 1. The highest BCUT2D eigenvalue weighted by molar-refractivity contribution is 5.76. The van der Waals surface area contributed by atoms with E-state index in [1.807, 2.05) is 7.05 Å². The Morgan fingerprint density at radius 3 is 2.36 bits per heavy atom. The average molecular weight is 200 g/mol. The quantitative estimate of drug-likeness (QED) is 0.661. The van der Waals surface area contributed by atoms with Crippen LogP contribution in [0.15, 0.2) is 0 Å². The van der Waals surface area contributed by atoms with E-state index in [4.69, 9.17) is 0 Å². The lowest BCUT2D eigenvalue weighted by atomic mass is 9.88. The molecule has 3 nitrogen and oxygen atoms in total. The van der Waals surface area contributed by atoms with Gasteiger partial charge in [-0.25, -0.2) is 0 Å². The predicted molar refractivity (Wildman–Crippen MR) is 60.2 cm³/mol.